The number of halogens is 1. The molecule has 0 aromatic heterocycles. The summed E-state index contributed by atoms with van der Waals surface area (Å²) in [6, 6.07) is 11.0. The minimum absolute atomic E-state index is 0.0826. The molecule has 1 N–H and O–H groups in total. The Morgan fingerprint density at radius 1 is 1.22 bits per heavy atom. The zero-order valence-corrected chi connectivity index (χ0v) is 17.3. The van der Waals surface area contributed by atoms with Crippen molar-refractivity contribution in [2.45, 2.75) is 33.4 Å². The van der Waals surface area contributed by atoms with Crippen LogP contribution in [0.1, 0.15) is 25.0 Å². The standard InChI is InChI=1S/C21H27ClN2O3/c1-6-27-19-10-8-16(11-20(19)26-5)13-24(4)15(3)21(25)23-18-12-17(22)9-7-14(18)2/h7-12,15H,6,13H2,1-5H3,(H,23,25)/t15-/m0/s1. The van der Waals surface area contributed by atoms with Gasteiger partial charge in [-0.1, -0.05) is 23.7 Å². The Morgan fingerprint density at radius 3 is 2.63 bits per heavy atom. The van der Waals surface area contributed by atoms with Crippen molar-refractivity contribution in [3.8, 4) is 11.5 Å². The van der Waals surface area contributed by atoms with Crippen molar-refractivity contribution >= 4 is 23.2 Å². The molecule has 2 rings (SSSR count). The molecule has 0 bridgehead atoms. The van der Waals surface area contributed by atoms with E-state index in [-0.39, 0.29) is 11.9 Å². The average molecular weight is 391 g/mol. The van der Waals surface area contributed by atoms with Crippen LogP contribution in [0.5, 0.6) is 11.5 Å². The number of carbonyl (C=O) groups is 1. The van der Waals surface area contributed by atoms with Crippen molar-refractivity contribution in [2.75, 3.05) is 26.1 Å². The van der Waals surface area contributed by atoms with Gasteiger partial charge in [0.2, 0.25) is 5.91 Å². The van der Waals surface area contributed by atoms with Crippen molar-refractivity contribution in [2.24, 2.45) is 0 Å². The second-order valence-corrected chi connectivity index (χ2v) is 6.89. The van der Waals surface area contributed by atoms with Crippen LogP contribution in [0.25, 0.3) is 0 Å². The molecule has 0 saturated heterocycles. The van der Waals surface area contributed by atoms with Crippen LogP contribution < -0.4 is 14.8 Å². The fourth-order valence-electron chi connectivity index (χ4n) is 2.68. The number of likely N-dealkylation sites (N-methyl/N-ethyl adjacent to an activating group) is 1. The van der Waals surface area contributed by atoms with Crippen LogP contribution in [0.4, 0.5) is 5.69 Å². The highest BCUT2D eigenvalue weighted by molar-refractivity contribution is 6.31. The molecule has 6 heteroatoms. The monoisotopic (exact) mass is 390 g/mol. The van der Waals surface area contributed by atoms with Gasteiger partial charge in [-0.2, -0.15) is 0 Å². The molecule has 0 fully saturated rings. The normalized spacial score (nSPS) is 12.0. The number of nitrogens with one attached hydrogen (secondary N) is 1. The largest absolute Gasteiger partial charge is 0.493 e. The maximum Gasteiger partial charge on any atom is 0.241 e. The lowest BCUT2D eigenvalue weighted by molar-refractivity contribution is -0.120. The van der Waals surface area contributed by atoms with E-state index in [0.29, 0.717) is 29.7 Å². The first-order valence-electron chi connectivity index (χ1n) is 8.92. The smallest absolute Gasteiger partial charge is 0.241 e. The first-order chi connectivity index (χ1) is 12.8. The van der Waals surface area contributed by atoms with Gasteiger partial charge < -0.3 is 14.8 Å². The van der Waals surface area contributed by atoms with Crippen molar-refractivity contribution in [3.05, 3.63) is 52.5 Å². The molecule has 1 amide bonds. The van der Waals surface area contributed by atoms with E-state index in [1.807, 2.05) is 57.0 Å². The number of methoxy groups -OCH3 is 1. The lowest BCUT2D eigenvalue weighted by atomic mass is 10.1. The Labute approximate surface area is 166 Å². The number of rotatable bonds is 8. The first kappa shape index (κ1) is 21.1. The van der Waals surface area contributed by atoms with E-state index in [9.17, 15) is 4.79 Å². The summed E-state index contributed by atoms with van der Waals surface area (Å²) in [6.45, 7) is 6.93. The van der Waals surface area contributed by atoms with E-state index >= 15 is 0 Å². The number of ether oxygens (including phenoxy) is 2. The predicted molar refractivity (Wildman–Crippen MR) is 110 cm³/mol. The second kappa shape index (κ2) is 9.62. The average Bonchev–Trinajstić information content (AvgIpc) is 2.65. The number of anilines is 1. The van der Waals surface area contributed by atoms with Gasteiger partial charge in [0, 0.05) is 17.3 Å². The quantitative estimate of drug-likeness (QED) is 0.720. The molecule has 1 atom stereocenters. The zero-order chi connectivity index (χ0) is 20.0. The lowest BCUT2D eigenvalue weighted by Gasteiger charge is -2.24. The number of benzene rings is 2. The molecule has 0 unspecified atom stereocenters. The fraction of sp³-hybridized carbons (Fsp3) is 0.381. The SMILES string of the molecule is CCOc1ccc(CN(C)[C@@H](C)C(=O)Nc2cc(Cl)ccc2C)cc1OC. The molecule has 0 spiro atoms. The van der Waals surface area contributed by atoms with E-state index in [1.165, 1.54) is 0 Å². The van der Waals surface area contributed by atoms with Gasteiger partial charge >= 0.3 is 0 Å². The van der Waals surface area contributed by atoms with E-state index in [1.54, 1.807) is 19.2 Å². The van der Waals surface area contributed by atoms with Crippen LogP contribution in [-0.2, 0) is 11.3 Å². The Morgan fingerprint density at radius 2 is 1.96 bits per heavy atom. The summed E-state index contributed by atoms with van der Waals surface area (Å²) < 4.78 is 10.9. The van der Waals surface area contributed by atoms with Gasteiger partial charge in [-0.25, -0.2) is 0 Å². The highest BCUT2D eigenvalue weighted by atomic mass is 35.5. The summed E-state index contributed by atoms with van der Waals surface area (Å²) in [4.78, 5) is 14.6. The number of amides is 1. The summed E-state index contributed by atoms with van der Waals surface area (Å²) in [5.74, 6) is 1.32. The molecule has 27 heavy (non-hydrogen) atoms. The van der Waals surface area contributed by atoms with Crippen molar-refractivity contribution in [3.63, 3.8) is 0 Å². The predicted octanol–water partition coefficient (Wildman–Crippen LogP) is 4.51. The topological polar surface area (TPSA) is 50.8 Å². The summed E-state index contributed by atoms with van der Waals surface area (Å²) in [5, 5.41) is 3.55. The van der Waals surface area contributed by atoms with E-state index in [4.69, 9.17) is 21.1 Å². The van der Waals surface area contributed by atoms with Crippen LogP contribution in [0.3, 0.4) is 0 Å². The summed E-state index contributed by atoms with van der Waals surface area (Å²) in [7, 11) is 3.53. The molecule has 0 aliphatic heterocycles. The van der Waals surface area contributed by atoms with Crippen LogP contribution in [0.15, 0.2) is 36.4 Å². The van der Waals surface area contributed by atoms with Crippen molar-refractivity contribution in [1.29, 1.82) is 0 Å². The van der Waals surface area contributed by atoms with Gasteiger partial charge in [0.25, 0.3) is 0 Å². The lowest BCUT2D eigenvalue weighted by Crippen LogP contribution is -2.39. The Bertz CT molecular complexity index is 795. The molecule has 146 valence electrons. The van der Waals surface area contributed by atoms with Crippen molar-refractivity contribution < 1.29 is 14.3 Å². The molecule has 0 saturated carbocycles. The number of nitrogens with zero attached hydrogens (tertiary/aromatic N) is 1. The molecular formula is C21H27ClN2O3. The number of hydrogen-bond donors (Lipinski definition) is 1. The highest BCUT2D eigenvalue weighted by Crippen LogP contribution is 2.28. The summed E-state index contributed by atoms with van der Waals surface area (Å²) in [5.41, 5.74) is 2.74. The second-order valence-electron chi connectivity index (χ2n) is 6.46. The van der Waals surface area contributed by atoms with Crippen LogP contribution >= 0.6 is 11.6 Å². The van der Waals surface area contributed by atoms with E-state index < -0.39 is 0 Å². The molecule has 5 nitrogen and oxygen atoms in total. The van der Waals surface area contributed by atoms with Gasteiger partial charge in [0.15, 0.2) is 11.5 Å². The third-order valence-corrected chi connectivity index (χ3v) is 4.69. The van der Waals surface area contributed by atoms with Gasteiger partial charge in [0.1, 0.15) is 0 Å². The maximum absolute atomic E-state index is 12.6. The van der Waals surface area contributed by atoms with Gasteiger partial charge in [0.05, 0.1) is 19.8 Å². The number of carbonyl (C=O) groups excluding carboxylic acids is 1. The zero-order valence-electron chi connectivity index (χ0n) is 16.5. The van der Waals surface area contributed by atoms with E-state index in [2.05, 4.69) is 5.32 Å². The highest BCUT2D eigenvalue weighted by Gasteiger charge is 2.19. The van der Waals surface area contributed by atoms with E-state index in [0.717, 1.165) is 16.8 Å². The molecule has 0 aliphatic rings. The number of hydrogen-bond acceptors (Lipinski definition) is 4. The third-order valence-electron chi connectivity index (χ3n) is 4.46. The third kappa shape index (κ3) is 5.62. The molecule has 0 radical (unpaired) electrons. The minimum atomic E-state index is -0.319. The Kier molecular flexibility index (Phi) is 7.51. The summed E-state index contributed by atoms with van der Waals surface area (Å²) >= 11 is 6.03. The van der Waals surface area contributed by atoms with Crippen LogP contribution in [-0.4, -0.2) is 37.6 Å². The molecule has 0 heterocycles. The maximum atomic E-state index is 12.6. The van der Waals surface area contributed by atoms with Gasteiger partial charge in [-0.3, -0.25) is 9.69 Å². The number of aryl methyl sites for hydroxylation is 1. The van der Waals surface area contributed by atoms with Gasteiger partial charge in [-0.15, -0.1) is 0 Å². The molecule has 0 aliphatic carbocycles. The Hall–Kier alpha value is -2.24. The summed E-state index contributed by atoms with van der Waals surface area (Å²) in [6.07, 6.45) is 0. The van der Waals surface area contributed by atoms with Crippen molar-refractivity contribution in [1.82, 2.24) is 4.90 Å². The van der Waals surface area contributed by atoms with Gasteiger partial charge in [-0.05, 0) is 63.2 Å². The fourth-order valence-corrected chi connectivity index (χ4v) is 2.85. The first-order valence-corrected chi connectivity index (χ1v) is 9.30. The molecular weight excluding hydrogens is 364 g/mol. The van der Waals surface area contributed by atoms with Crippen LogP contribution in [0.2, 0.25) is 5.02 Å². The Balaban J connectivity index is 2.05. The van der Waals surface area contributed by atoms with Crippen LogP contribution in [0, 0.1) is 6.92 Å². The minimum Gasteiger partial charge on any atom is -0.493 e. The molecule has 2 aromatic carbocycles. The molecule has 2 aromatic rings.